The van der Waals surface area contributed by atoms with Crippen molar-refractivity contribution in [1.82, 2.24) is 24.8 Å². The molecule has 0 amide bonds. The van der Waals surface area contributed by atoms with Crippen molar-refractivity contribution in [3.8, 4) is 0 Å². The van der Waals surface area contributed by atoms with Gasteiger partial charge in [0.05, 0.1) is 23.5 Å². The number of allylic oxidation sites excluding steroid dienone is 1. The van der Waals surface area contributed by atoms with Crippen LogP contribution in [0.2, 0.25) is 0 Å². The molecule has 2 fully saturated rings. The van der Waals surface area contributed by atoms with Gasteiger partial charge in [0.2, 0.25) is 0 Å². The predicted octanol–water partition coefficient (Wildman–Crippen LogP) is 4.68. The van der Waals surface area contributed by atoms with E-state index in [4.69, 9.17) is 9.72 Å². The second-order valence-corrected chi connectivity index (χ2v) is 14.2. The van der Waals surface area contributed by atoms with Crippen LogP contribution >= 0.6 is 0 Å². The quantitative estimate of drug-likeness (QED) is 0.329. The first-order valence-electron chi connectivity index (χ1n) is 15.2. The summed E-state index contributed by atoms with van der Waals surface area (Å²) in [6.45, 7) is 5.72. The molecule has 10 heteroatoms. The predicted molar refractivity (Wildman–Crippen MR) is 168 cm³/mol. The third kappa shape index (κ3) is 5.25. The van der Waals surface area contributed by atoms with Gasteiger partial charge in [0.25, 0.3) is 0 Å². The van der Waals surface area contributed by atoms with Crippen molar-refractivity contribution in [3.63, 3.8) is 0 Å². The van der Waals surface area contributed by atoms with Gasteiger partial charge in [-0.3, -0.25) is 9.88 Å². The number of nitrogens with one attached hydrogen (secondary N) is 2. The molecule has 0 spiro atoms. The smallest absolute Gasteiger partial charge is 0.175 e. The van der Waals surface area contributed by atoms with Crippen molar-refractivity contribution in [3.05, 3.63) is 83.1 Å². The number of aryl methyl sites for hydroxylation is 1. The molecule has 1 saturated heterocycles. The molecule has 1 aromatic carbocycles. The number of sulfone groups is 1. The third-order valence-corrected chi connectivity index (χ3v) is 10.7. The summed E-state index contributed by atoms with van der Waals surface area (Å²) < 4.78 is 31.8. The molecule has 1 atom stereocenters. The van der Waals surface area contributed by atoms with Gasteiger partial charge < -0.3 is 15.0 Å². The molecule has 2 N–H and O–H groups in total. The van der Waals surface area contributed by atoms with Crippen LogP contribution in [0.25, 0.3) is 17.1 Å². The summed E-state index contributed by atoms with van der Waals surface area (Å²) in [5.41, 5.74) is 4.89. The van der Waals surface area contributed by atoms with Crippen LogP contribution in [0.15, 0.2) is 60.0 Å². The van der Waals surface area contributed by atoms with Gasteiger partial charge in [0, 0.05) is 54.9 Å². The zero-order valence-electron chi connectivity index (χ0n) is 24.7. The second-order valence-electron chi connectivity index (χ2n) is 12.3. The highest BCUT2D eigenvalue weighted by atomic mass is 32.2. The number of aromatic amines is 1. The van der Waals surface area contributed by atoms with E-state index in [9.17, 15) is 8.42 Å². The molecule has 0 radical (unpaired) electrons. The fourth-order valence-electron chi connectivity index (χ4n) is 7.33. The lowest BCUT2D eigenvalue weighted by molar-refractivity contribution is 0.00791. The Morgan fingerprint density at radius 2 is 1.81 bits per heavy atom. The number of anilines is 1. The number of rotatable bonds is 6. The minimum absolute atomic E-state index is 0.332. The van der Waals surface area contributed by atoms with E-state index in [-0.39, 0.29) is 0 Å². The fourth-order valence-corrected chi connectivity index (χ4v) is 8.28. The number of aromatic nitrogens is 4. The van der Waals surface area contributed by atoms with Crippen LogP contribution in [0.3, 0.4) is 0 Å². The molecule has 7 rings (SSSR count). The Balaban J connectivity index is 1.27. The SMILES string of the molecule is Cc1ccc(S(C)(=O)=O)c(C2(c3ccncc3)C=Cc3[nH]c4ncnc(N[C@H]5CC[C@H](N6CCOCC6)CC5)c4c3C2)c1. The van der Waals surface area contributed by atoms with E-state index in [1.807, 2.05) is 31.2 Å². The zero-order chi connectivity index (χ0) is 29.6. The molecular weight excluding hydrogens is 560 g/mol. The van der Waals surface area contributed by atoms with Crippen molar-refractivity contribution in [1.29, 1.82) is 0 Å². The molecule has 9 nitrogen and oxygen atoms in total. The van der Waals surface area contributed by atoms with Crippen molar-refractivity contribution < 1.29 is 13.2 Å². The molecule has 224 valence electrons. The highest BCUT2D eigenvalue weighted by molar-refractivity contribution is 7.90. The summed E-state index contributed by atoms with van der Waals surface area (Å²) in [6.07, 6.45) is 15.7. The van der Waals surface area contributed by atoms with E-state index in [2.05, 4.69) is 37.3 Å². The lowest BCUT2D eigenvalue weighted by Crippen LogP contribution is -2.46. The van der Waals surface area contributed by atoms with Crippen LogP contribution in [-0.4, -0.2) is 77.9 Å². The van der Waals surface area contributed by atoms with E-state index in [1.165, 1.54) is 6.26 Å². The number of nitrogens with zero attached hydrogens (tertiary/aromatic N) is 4. The second kappa shape index (κ2) is 11.2. The van der Waals surface area contributed by atoms with E-state index < -0.39 is 15.3 Å². The Bertz CT molecular complexity index is 1770. The third-order valence-electron chi connectivity index (χ3n) is 9.53. The summed E-state index contributed by atoms with van der Waals surface area (Å²) in [7, 11) is -3.50. The number of pyridine rings is 1. The summed E-state index contributed by atoms with van der Waals surface area (Å²) in [4.78, 5) is 20.1. The van der Waals surface area contributed by atoms with Gasteiger partial charge in [-0.1, -0.05) is 23.8 Å². The lowest BCUT2D eigenvalue weighted by Gasteiger charge is -2.39. The number of morpholine rings is 1. The minimum atomic E-state index is -3.50. The standard InChI is InChI=1S/C33H38N6O3S/c1-22-3-8-29(43(2,40)41)27(19-22)33(23-10-13-34-14-11-23)12-9-28-26(20-33)30-31(35-21-36-32(30)38-28)37-24-4-6-25(7-5-24)39-15-17-42-18-16-39/h3,8-14,19,21,24-25H,4-7,15-18,20H2,1-2H3,(H2,35,36,37,38)/t24-,25-,33?. The number of fused-ring (bicyclic) bond motifs is 3. The van der Waals surface area contributed by atoms with Gasteiger partial charge in [-0.25, -0.2) is 18.4 Å². The van der Waals surface area contributed by atoms with Crippen molar-refractivity contribution in [2.75, 3.05) is 37.9 Å². The van der Waals surface area contributed by atoms with Gasteiger partial charge in [-0.15, -0.1) is 0 Å². The summed E-state index contributed by atoms with van der Waals surface area (Å²) in [5.74, 6) is 0.837. The maximum atomic E-state index is 13.1. The molecule has 4 heterocycles. The van der Waals surface area contributed by atoms with Crippen LogP contribution in [0.1, 0.15) is 53.6 Å². The minimum Gasteiger partial charge on any atom is -0.379 e. The molecule has 3 aliphatic rings. The first-order chi connectivity index (χ1) is 20.8. The molecule has 3 aromatic heterocycles. The fraction of sp³-hybridized carbons (Fsp3) is 0.424. The maximum absolute atomic E-state index is 13.1. The Labute approximate surface area is 252 Å². The highest BCUT2D eigenvalue weighted by Gasteiger charge is 2.40. The summed E-state index contributed by atoms with van der Waals surface area (Å²) in [5, 5.41) is 4.77. The molecule has 43 heavy (non-hydrogen) atoms. The summed E-state index contributed by atoms with van der Waals surface area (Å²) >= 11 is 0. The van der Waals surface area contributed by atoms with Crippen LogP contribution in [-0.2, 0) is 26.4 Å². The lowest BCUT2D eigenvalue weighted by atomic mass is 9.68. The average Bonchev–Trinajstić information content (AvgIpc) is 3.40. The van der Waals surface area contributed by atoms with E-state index in [1.54, 1.807) is 24.8 Å². The largest absolute Gasteiger partial charge is 0.379 e. The normalized spacial score (nSPS) is 24.6. The molecular formula is C33H38N6O3S. The number of ether oxygens (including phenoxy) is 1. The molecule has 1 saturated carbocycles. The van der Waals surface area contributed by atoms with Gasteiger partial charge in [-0.05, 0) is 80.0 Å². The molecule has 1 aliphatic heterocycles. The molecule has 4 aromatic rings. The van der Waals surface area contributed by atoms with E-state index >= 15 is 0 Å². The van der Waals surface area contributed by atoms with E-state index in [0.29, 0.717) is 23.4 Å². The Morgan fingerprint density at radius 3 is 2.56 bits per heavy atom. The number of H-pyrrole nitrogens is 1. The Morgan fingerprint density at radius 1 is 1.05 bits per heavy atom. The maximum Gasteiger partial charge on any atom is 0.175 e. The average molecular weight is 599 g/mol. The van der Waals surface area contributed by atoms with Crippen LogP contribution in [0.5, 0.6) is 0 Å². The molecule has 1 unspecified atom stereocenters. The Kier molecular flexibility index (Phi) is 7.31. The zero-order valence-corrected chi connectivity index (χ0v) is 25.5. The number of hydrogen-bond acceptors (Lipinski definition) is 8. The topological polar surface area (TPSA) is 113 Å². The van der Waals surface area contributed by atoms with Crippen LogP contribution in [0, 0.1) is 6.92 Å². The van der Waals surface area contributed by atoms with Crippen LogP contribution < -0.4 is 5.32 Å². The monoisotopic (exact) mass is 598 g/mol. The van der Waals surface area contributed by atoms with Crippen LogP contribution in [0.4, 0.5) is 5.82 Å². The van der Waals surface area contributed by atoms with Gasteiger partial charge in [0.1, 0.15) is 17.8 Å². The first-order valence-corrected chi connectivity index (χ1v) is 17.1. The van der Waals surface area contributed by atoms with Crippen molar-refractivity contribution >= 4 is 32.8 Å². The molecule has 0 bridgehead atoms. The van der Waals surface area contributed by atoms with Gasteiger partial charge in [0.15, 0.2) is 9.84 Å². The van der Waals surface area contributed by atoms with Gasteiger partial charge >= 0.3 is 0 Å². The van der Waals surface area contributed by atoms with Crippen molar-refractivity contribution in [2.24, 2.45) is 0 Å². The van der Waals surface area contributed by atoms with Gasteiger partial charge in [-0.2, -0.15) is 0 Å². The first kappa shape index (κ1) is 28.2. The van der Waals surface area contributed by atoms with E-state index in [0.717, 1.165) is 96.8 Å². The van der Waals surface area contributed by atoms with Crippen molar-refractivity contribution in [2.45, 2.75) is 61.4 Å². The number of benzene rings is 1. The highest BCUT2D eigenvalue weighted by Crippen LogP contribution is 2.46. The summed E-state index contributed by atoms with van der Waals surface area (Å²) in [6, 6.07) is 10.6. The Hall–Kier alpha value is -3.60. The number of hydrogen-bond donors (Lipinski definition) is 2. The molecule has 2 aliphatic carbocycles.